The number of ketones is 1. The molecule has 0 aliphatic carbocycles. The topological polar surface area (TPSA) is 45.7 Å². The maximum Gasteiger partial charge on any atom is 0.186 e. The van der Waals surface area contributed by atoms with E-state index in [0.717, 1.165) is 34.7 Å². The Morgan fingerprint density at radius 3 is 2.47 bits per heavy atom. The highest BCUT2D eigenvalue weighted by Gasteiger charge is 2.11. The van der Waals surface area contributed by atoms with Gasteiger partial charge in [-0.2, -0.15) is 0 Å². The molecule has 0 unspecified atom stereocenters. The van der Waals surface area contributed by atoms with Gasteiger partial charge in [-0.15, -0.1) is 0 Å². The molecule has 1 heterocycles. The van der Waals surface area contributed by atoms with Crippen LogP contribution in [0, 0.1) is 0 Å². The zero-order valence-electron chi connectivity index (χ0n) is 19.3. The minimum atomic E-state index is -0.0232. The monoisotopic (exact) mass is 429 g/mol. The Bertz CT molecular complexity index is 1060. The van der Waals surface area contributed by atoms with E-state index in [1.54, 1.807) is 12.3 Å². The van der Waals surface area contributed by atoms with Crippen molar-refractivity contribution >= 4 is 11.9 Å². The molecule has 0 atom stereocenters. The number of benzene rings is 2. The van der Waals surface area contributed by atoms with Crippen LogP contribution in [0.15, 0.2) is 72.9 Å². The molecule has 0 spiro atoms. The predicted molar refractivity (Wildman–Crippen MR) is 131 cm³/mol. The van der Waals surface area contributed by atoms with Crippen LogP contribution in [0.4, 0.5) is 0 Å². The molecular weight excluding hydrogens is 398 g/mol. The molecule has 0 bridgehead atoms. The number of nitrogens with zero attached hydrogens (tertiary/aromatic N) is 3. The fourth-order valence-electron chi connectivity index (χ4n) is 3.34. The number of ether oxygens (including phenoxy) is 1. The normalized spacial score (nSPS) is 11.4. The lowest BCUT2D eigenvalue weighted by molar-refractivity contribution is 0.104. The van der Waals surface area contributed by atoms with Gasteiger partial charge < -0.3 is 14.5 Å². The lowest BCUT2D eigenvalue weighted by atomic mass is 10.0. The number of aromatic nitrogens is 1. The summed E-state index contributed by atoms with van der Waals surface area (Å²) in [6.45, 7) is 2.09. The largest absolute Gasteiger partial charge is 0.492 e. The van der Waals surface area contributed by atoms with Gasteiger partial charge in [0, 0.05) is 36.0 Å². The summed E-state index contributed by atoms with van der Waals surface area (Å²) in [6, 6.07) is 19.5. The van der Waals surface area contributed by atoms with Crippen LogP contribution in [0.25, 0.3) is 17.3 Å². The first-order valence-corrected chi connectivity index (χ1v) is 10.7. The second-order valence-electron chi connectivity index (χ2n) is 8.21. The molecule has 1 aromatic heterocycles. The first kappa shape index (κ1) is 23.4. The molecule has 0 aliphatic heterocycles. The summed E-state index contributed by atoms with van der Waals surface area (Å²) in [4.78, 5) is 21.6. The Kier molecular flexibility index (Phi) is 8.31. The van der Waals surface area contributed by atoms with Gasteiger partial charge in [0.05, 0.1) is 5.69 Å². The average molecular weight is 430 g/mol. The number of pyridine rings is 1. The van der Waals surface area contributed by atoms with Crippen molar-refractivity contribution in [1.82, 2.24) is 14.8 Å². The Labute approximate surface area is 191 Å². The molecule has 2 aromatic carbocycles. The zero-order chi connectivity index (χ0) is 22.9. The predicted octanol–water partition coefficient (Wildman–Crippen LogP) is 4.65. The molecule has 0 amide bonds. The fourth-order valence-corrected chi connectivity index (χ4v) is 3.34. The summed E-state index contributed by atoms with van der Waals surface area (Å²) in [5.74, 6) is 0.724. The van der Waals surface area contributed by atoms with Crippen LogP contribution in [0.5, 0.6) is 5.75 Å². The van der Waals surface area contributed by atoms with Crippen molar-refractivity contribution in [2.24, 2.45) is 0 Å². The van der Waals surface area contributed by atoms with Crippen molar-refractivity contribution in [1.29, 1.82) is 0 Å². The molecule has 0 fully saturated rings. The second-order valence-corrected chi connectivity index (χ2v) is 8.21. The lowest BCUT2D eigenvalue weighted by Gasteiger charge is -2.14. The van der Waals surface area contributed by atoms with Gasteiger partial charge in [0.2, 0.25) is 0 Å². The highest BCUT2D eigenvalue weighted by atomic mass is 16.5. The Morgan fingerprint density at radius 2 is 1.75 bits per heavy atom. The van der Waals surface area contributed by atoms with Crippen molar-refractivity contribution in [3.8, 4) is 17.0 Å². The third kappa shape index (κ3) is 6.61. The second kappa shape index (κ2) is 11.4. The number of rotatable bonds is 10. The minimum absolute atomic E-state index is 0.0232. The number of carbonyl (C=O) groups excluding carboxylic acids is 1. The van der Waals surface area contributed by atoms with E-state index in [2.05, 4.69) is 14.8 Å². The summed E-state index contributed by atoms with van der Waals surface area (Å²) in [5.41, 5.74) is 4.44. The van der Waals surface area contributed by atoms with E-state index in [0.29, 0.717) is 18.7 Å². The smallest absolute Gasteiger partial charge is 0.186 e. The van der Waals surface area contributed by atoms with Crippen molar-refractivity contribution in [2.75, 3.05) is 41.3 Å². The Balaban J connectivity index is 1.90. The third-order valence-electron chi connectivity index (χ3n) is 4.95. The minimum Gasteiger partial charge on any atom is -0.492 e. The molecule has 5 heteroatoms. The van der Waals surface area contributed by atoms with E-state index in [9.17, 15) is 4.79 Å². The highest BCUT2D eigenvalue weighted by Crippen LogP contribution is 2.27. The average Bonchev–Trinajstić information content (AvgIpc) is 2.78. The standard InChI is InChI=1S/C27H31N3O2/c1-29(2)17-18-32-27-15-13-21(25-11-7-8-16-28-25)19-22(27)12-14-26(31)24-10-6-5-9-23(24)20-30(3)4/h5-16,19H,17-18,20H2,1-4H3. The van der Waals surface area contributed by atoms with Gasteiger partial charge in [0.25, 0.3) is 0 Å². The third-order valence-corrected chi connectivity index (χ3v) is 4.95. The van der Waals surface area contributed by atoms with Crippen LogP contribution in [0.3, 0.4) is 0 Å². The molecule has 3 aromatic rings. The van der Waals surface area contributed by atoms with Gasteiger partial charge in [-0.3, -0.25) is 9.78 Å². The van der Waals surface area contributed by atoms with Crippen LogP contribution >= 0.6 is 0 Å². The zero-order valence-corrected chi connectivity index (χ0v) is 19.3. The van der Waals surface area contributed by atoms with E-state index < -0.39 is 0 Å². The number of hydrogen-bond donors (Lipinski definition) is 0. The lowest BCUT2D eigenvalue weighted by Crippen LogP contribution is -2.19. The van der Waals surface area contributed by atoms with E-state index in [4.69, 9.17) is 4.74 Å². The van der Waals surface area contributed by atoms with Crippen LogP contribution < -0.4 is 4.74 Å². The van der Waals surface area contributed by atoms with E-state index >= 15 is 0 Å². The number of allylic oxidation sites excluding steroid dienone is 1. The molecule has 166 valence electrons. The quantitative estimate of drug-likeness (QED) is 0.347. The molecule has 0 aliphatic rings. The SMILES string of the molecule is CN(C)CCOc1ccc(-c2ccccn2)cc1C=CC(=O)c1ccccc1CN(C)C. The van der Waals surface area contributed by atoms with Gasteiger partial charge in [0.15, 0.2) is 5.78 Å². The summed E-state index contributed by atoms with van der Waals surface area (Å²) >= 11 is 0. The van der Waals surface area contributed by atoms with Crippen molar-refractivity contribution < 1.29 is 9.53 Å². The molecule has 32 heavy (non-hydrogen) atoms. The van der Waals surface area contributed by atoms with Crippen LogP contribution in [0.1, 0.15) is 21.5 Å². The highest BCUT2D eigenvalue weighted by molar-refractivity contribution is 6.08. The van der Waals surface area contributed by atoms with Crippen LogP contribution in [-0.2, 0) is 6.54 Å². The number of carbonyl (C=O) groups is 1. The molecular formula is C27H31N3O2. The summed E-state index contributed by atoms with van der Waals surface area (Å²) in [6.07, 6.45) is 5.24. The van der Waals surface area contributed by atoms with E-state index in [1.807, 2.05) is 94.9 Å². The van der Waals surface area contributed by atoms with Crippen molar-refractivity contribution in [3.63, 3.8) is 0 Å². The Hall–Kier alpha value is -3.28. The molecule has 3 rings (SSSR count). The number of likely N-dealkylation sites (N-methyl/N-ethyl adjacent to an activating group) is 1. The summed E-state index contributed by atoms with van der Waals surface area (Å²) < 4.78 is 6.02. The van der Waals surface area contributed by atoms with E-state index in [-0.39, 0.29) is 5.78 Å². The summed E-state index contributed by atoms with van der Waals surface area (Å²) in [5, 5.41) is 0. The molecule has 0 saturated carbocycles. The molecule has 0 N–H and O–H groups in total. The maximum absolute atomic E-state index is 13.0. The van der Waals surface area contributed by atoms with Crippen LogP contribution in [0.2, 0.25) is 0 Å². The van der Waals surface area contributed by atoms with Crippen LogP contribution in [-0.4, -0.2) is 61.9 Å². The first-order chi connectivity index (χ1) is 15.4. The summed E-state index contributed by atoms with van der Waals surface area (Å²) in [7, 11) is 8.02. The van der Waals surface area contributed by atoms with Gasteiger partial charge in [-0.1, -0.05) is 30.3 Å². The first-order valence-electron chi connectivity index (χ1n) is 10.7. The molecule has 0 radical (unpaired) electrons. The van der Waals surface area contributed by atoms with Gasteiger partial charge >= 0.3 is 0 Å². The van der Waals surface area contributed by atoms with Gasteiger partial charge in [-0.25, -0.2) is 0 Å². The molecule has 5 nitrogen and oxygen atoms in total. The van der Waals surface area contributed by atoms with Gasteiger partial charge in [-0.05, 0) is 76.2 Å². The van der Waals surface area contributed by atoms with E-state index in [1.165, 1.54) is 0 Å². The maximum atomic E-state index is 13.0. The molecule has 0 saturated heterocycles. The van der Waals surface area contributed by atoms with Crippen molar-refractivity contribution in [2.45, 2.75) is 6.54 Å². The van der Waals surface area contributed by atoms with Gasteiger partial charge in [0.1, 0.15) is 12.4 Å². The Morgan fingerprint density at radius 1 is 0.969 bits per heavy atom. The van der Waals surface area contributed by atoms with Crippen molar-refractivity contribution in [3.05, 3.63) is 89.6 Å². The number of hydrogen-bond acceptors (Lipinski definition) is 5. The fraction of sp³-hybridized carbons (Fsp3) is 0.259.